The Hall–Kier alpha value is -2.65. The van der Waals surface area contributed by atoms with Gasteiger partial charge in [0.05, 0.1) is 23.6 Å². The molecule has 1 N–H and O–H groups in total. The summed E-state index contributed by atoms with van der Waals surface area (Å²) in [7, 11) is 0. The summed E-state index contributed by atoms with van der Waals surface area (Å²) in [4.78, 5) is 23.0. The van der Waals surface area contributed by atoms with Crippen LogP contribution >= 0.6 is 0 Å². The summed E-state index contributed by atoms with van der Waals surface area (Å²) in [5.41, 5.74) is 1.42. The Bertz CT molecular complexity index is 910. The number of hydrogen-bond donors (Lipinski definition) is 1. The fourth-order valence-corrected chi connectivity index (χ4v) is 4.23. The van der Waals surface area contributed by atoms with Gasteiger partial charge in [0.1, 0.15) is 11.5 Å². The molecule has 2 aromatic rings. The zero-order valence-corrected chi connectivity index (χ0v) is 17.0. The molecule has 0 spiro atoms. The molecule has 0 aromatic carbocycles. The second-order valence-corrected chi connectivity index (χ2v) is 7.99. The van der Waals surface area contributed by atoms with E-state index in [2.05, 4.69) is 20.4 Å². The predicted molar refractivity (Wildman–Crippen MR) is 104 cm³/mol. The number of nitrogens with one attached hydrogen (secondary N) is 1. The zero-order valence-electron chi connectivity index (χ0n) is 17.0. The van der Waals surface area contributed by atoms with Crippen molar-refractivity contribution in [2.45, 2.75) is 70.3 Å². The van der Waals surface area contributed by atoms with Crippen molar-refractivity contribution in [1.82, 2.24) is 24.6 Å². The minimum atomic E-state index is -4.38. The number of rotatable bonds is 3. The first-order valence-electron chi connectivity index (χ1n) is 10.3. The molecule has 0 aliphatic carbocycles. The number of halogens is 3. The van der Waals surface area contributed by atoms with Gasteiger partial charge in [0.25, 0.3) is 5.91 Å². The smallest absolute Gasteiger partial charge is 0.367 e. The lowest BCUT2D eigenvalue weighted by Gasteiger charge is -2.34. The second-order valence-electron chi connectivity index (χ2n) is 7.99. The molecular formula is C20H25F3N6O. The van der Waals surface area contributed by atoms with E-state index in [0.29, 0.717) is 36.6 Å². The largest absolute Gasteiger partial charge is 0.410 e. The van der Waals surface area contributed by atoms with Crippen LogP contribution < -0.4 is 5.32 Å². The van der Waals surface area contributed by atoms with E-state index in [-0.39, 0.29) is 30.1 Å². The van der Waals surface area contributed by atoms with Crippen molar-refractivity contribution < 1.29 is 18.0 Å². The molecule has 162 valence electrons. The van der Waals surface area contributed by atoms with Gasteiger partial charge in [0, 0.05) is 24.8 Å². The summed E-state index contributed by atoms with van der Waals surface area (Å²) in [6.07, 6.45) is 1.48. The van der Waals surface area contributed by atoms with Crippen molar-refractivity contribution in [3.63, 3.8) is 0 Å². The second kappa shape index (κ2) is 7.88. The molecule has 1 saturated heterocycles. The molecule has 2 aromatic heterocycles. The van der Waals surface area contributed by atoms with Crippen LogP contribution in [-0.4, -0.2) is 49.3 Å². The van der Waals surface area contributed by atoms with Gasteiger partial charge >= 0.3 is 6.18 Å². The number of alkyl halides is 3. The monoisotopic (exact) mass is 422 g/mol. The van der Waals surface area contributed by atoms with Crippen LogP contribution in [-0.2, 0) is 0 Å². The van der Waals surface area contributed by atoms with E-state index in [1.165, 1.54) is 12.4 Å². The molecule has 4 heterocycles. The van der Waals surface area contributed by atoms with E-state index in [9.17, 15) is 18.0 Å². The van der Waals surface area contributed by atoms with E-state index < -0.39 is 12.2 Å². The van der Waals surface area contributed by atoms with Crippen LogP contribution in [0.25, 0.3) is 0 Å². The van der Waals surface area contributed by atoms with Crippen LogP contribution in [0.5, 0.6) is 0 Å². The molecule has 30 heavy (non-hydrogen) atoms. The van der Waals surface area contributed by atoms with Crippen molar-refractivity contribution in [2.24, 2.45) is 0 Å². The molecule has 3 atom stereocenters. The molecule has 0 bridgehead atoms. The molecule has 10 heteroatoms. The lowest BCUT2D eigenvalue weighted by Crippen LogP contribution is -2.40. The standard InChI is InChI=1S/C20H25F3N6O/c1-3-13-8-17(20(21,22)23)29-18(26-13)9-14(27-29)16-6-4-5-7-28(16)19(30)15-11-24-12(2)10-25-15/h9-11,13,16-17,26H,3-8H2,1-2H3/t13-,16-,17-/m1/s1. The van der Waals surface area contributed by atoms with Crippen molar-refractivity contribution >= 4 is 11.7 Å². The highest BCUT2D eigenvalue weighted by atomic mass is 19.4. The van der Waals surface area contributed by atoms with Gasteiger partial charge < -0.3 is 10.2 Å². The van der Waals surface area contributed by atoms with Crippen molar-refractivity contribution in [3.05, 3.63) is 35.5 Å². The van der Waals surface area contributed by atoms with Gasteiger partial charge in [-0.1, -0.05) is 6.92 Å². The lowest BCUT2D eigenvalue weighted by molar-refractivity contribution is -0.173. The Balaban J connectivity index is 1.66. The number of amides is 1. The van der Waals surface area contributed by atoms with Crippen molar-refractivity contribution in [1.29, 1.82) is 0 Å². The fourth-order valence-electron chi connectivity index (χ4n) is 4.23. The summed E-state index contributed by atoms with van der Waals surface area (Å²) in [5, 5.41) is 7.50. The quantitative estimate of drug-likeness (QED) is 0.808. The Morgan fingerprint density at radius 3 is 2.73 bits per heavy atom. The van der Waals surface area contributed by atoms with Crippen LogP contribution in [0.3, 0.4) is 0 Å². The van der Waals surface area contributed by atoms with Gasteiger partial charge in [-0.25, -0.2) is 9.67 Å². The lowest BCUT2D eigenvalue weighted by atomic mass is 9.98. The highest BCUT2D eigenvalue weighted by Crippen LogP contribution is 2.42. The van der Waals surface area contributed by atoms with E-state index in [4.69, 9.17) is 0 Å². The normalized spacial score (nSPS) is 24.3. The van der Waals surface area contributed by atoms with Crippen LogP contribution in [0.1, 0.15) is 73.0 Å². The highest BCUT2D eigenvalue weighted by Gasteiger charge is 2.46. The first-order valence-corrected chi connectivity index (χ1v) is 10.3. The summed E-state index contributed by atoms with van der Waals surface area (Å²) in [6.45, 7) is 4.16. The number of fused-ring (bicyclic) bond motifs is 1. The Morgan fingerprint density at radius 1 is 1.27 bits per heavy atom. The number of likely N-dealkylation sites (tertiary alicyclic amines) is 1. The Kier molecular flexibility index (Phi) is 5.42. The predicted octanol–water partition coefficient (Wildman–Crippen LogP) is 4.05. The molecule has 1 fully saturated rings. The molecule has 7 nitrogen and oxygen atoms in total. The van der Waals surface area contributed by atoms with Crippen LogP contribution in [0, 0.1) is 6.92 Å². The van der Waals surface area contributed by atoms with Gasteiger partial charge in [0.2, 0.25) is 0 Å². The van der Waals surface area contributed by atoms with Gasteiger partial charge in [-0.3, -0.25) is 9.78 Å². The maximum atomic E-state index is 13.7. The molecular weight excluding hydrogens is 397 g/mol. The minimum absolute atomic E-state index is 0.0552. The van der Waals surface area contributed by atoms with Gasteiger partial charge in [0.15, 0.2) is 6.04 Å². The number of hydrogen-bond acceptors (Lipinski definition) is 5. The third kappa shape index (κ3) is 3.87. The SMILES string of the molecule is CC[C@@H]1C[C@H](C(F)(F)F)n2nc([C@H]3CCCCN3C(=O)c3cnc(C)cn3)cc2N1. The topological polar surface area (TPSA) is 75.9 Å². The molecule has 2 aliphatic heterocycles. The van der Waals surface area contributed by atoms with Crippen LogP contribution in [0.15, 0.2) is 18.5 Å². The third-order valence-electron chi connectivity index (χ3n) is 5.89. The first-order chi connectivity index (χ1) is 14.3. The van der Waals surface area contributed by atoms with E-state index in [1.807, 2.05) is 6.92 Å². The maximum absolute atomic E-state index is 13.7. The van der Waals surface area contributed by atoms with E-state index >= 15 is 0 Å². The molecule has 2 aliphatic rings. The van der Waals surface area contributed by atoms with Crippen LogP contribution in [0.2, 0.25) is 0 Å². The third-order valence-corrected chi connectivity index (χ3v) is 5.89. The van der Waals surface area contributed by atoms with Gasteiger partial charge in [-0.2, -0.15) is 18.3 Å². The maximum Gasteiger partial charge on any atom is 0.410 e. The molecule has 0 unspecified atom stereocenters. The van der Waals surface area contributed by atoms with Crippen molar-refractivity contribution in [2.75, 3.05) is 11.9 Å². The first kappa shape index (κ1) is 20.6. The number of carbonyl (C=O) groups is 1. The Morgan fingerprint density at radius 2 is 2.07 bits per heavy atom. The molecule has 1 amide bonds. The van der Waals surface area contributed by atoms with Crippen molar-refractivity contribution in [3.8, 4) is 0 Å². The Labute approximate surface area is 172 Å². The molecule has 0 saturated carbocycles. The van der Waals surface area contributed by atoms with E-state index in [0.717, 1.165) is 17.5 Å². The van der Waals surface area contributed by atoms with Crippen LogP contribution in [0.4, 0.5) is 19.0 Å². The highest BCUT2D eigenvalue weighted by molar-refractivity contribution is 5.92. The minimum Gasteiger partial charge on any atom is -0.367 e. The summed E-state index contributed by atoms with van der Waals surface area (Å²) in [6, 6.07) is -0.649. The zero-order chi connectivity index (χ0) is 21.5. The van der Waals surface area contributed by atoms with Gasteiger partial charge in [-0.15, -0.1) is 0 Å². The average molecular weight is 422 g/mol. The molecule has 4 rings (SSSR count). The number of piperidine rings is 1. The summed E-state index contributed by atoms with van der Waals surface area (Å²) in [5.74, 6) is 0.0865. The average Bonchev–Trinajstić information content (AvgIpc) is 3.16. The number of aromatic nitrogens is 4. The number of anilines is 1. The summed E-state index contributed by atoms with van der Waals surface area (Å²) < 4.78 is 42.1. The number of aryl methyl sites for hydroxylation is 1. The summed E-state index contributed by atoms with van der Waals surface area (Å²) >= 11 is 0. The number of nitrogens with zero attached hydrogens (tertiary/aromatic N) is 5. The number of carbonyl (C=O) groups excluding carboxylic acids is 1. The van der Waals surface area contributed by atoms with E-state index in [1.54, 1.807) is 17.9 Å². The molecule has 0 radical (unpaired) electrons. The fraction of sp³-hybridized carbons (Fsp3) is 0.600. The van der Waals surface area contributed by atoms with Gasteiger partial charge in [-0.05, 0) is 39.0 Å².